The molecule has 1 saturated heterocycles. The van der Waals surface area contributed by atoms with Crippen molar-refractivity contribution in [1.82, 2.24) is 24.8 Å². The highest BCUT2D eigenvalue weighted by molar-refractivity contribution is 7.91. The van der Waals surface area contributed by atoms with E-state index in [4.69, 9.17) is 9.57 Å². The number of likely N-dealkylation sites (tertiary alicyclic amines) is 1. The largest absolute Gasteiger partial charge is 0.446 e. The highest BCUT2D eigenvalue weighted by Crippen LogP contribution is 2.45. The molecule has 14 nitrogen and oxygen atoms in total. The van der Waals surface area contributed by atoms with Gasteiger partial charge < -0.3 is 29.7 Å². The van der Waals surface area contributed by atoms with Gasteiger partial charge in [0, 0.05) is 30.2 Å². The maximum absolute atomic E-state index is 14.6. The SMILES string of the molecule is C=C[C@@H]1C[C@@]1(NC(=O)[C@@H]1C[C@@H](ON=c2c3ccccc3n(C)c3ccccc23)CN1C(=O)[C@@H](NC(=O)OC1CCCC1)C(C)(C)C)C(=O)NS(=O)(=O)C1CC1. The van der Waals surface area contributed by atoms with Crippen molar-refractivity contribution in [2.24, 2.45) is 23.5 Å². The number of pyridine rings is 1. The second-order valence-corrected chi connectivity index (χ2v) is 18.4. The zero-order chi connectivity index (χ0) is 39.3. The number of fused-ring (bicyclic) bond motifs is 2. The number of sulfonamides is 1. The highest BCUT2D eigenvalue weighted by Gasteiger charge is 2.62. The number of nitrogens with zero attached hydrogens (tertiary/aromatic N) is 3. The number of rotatable bonds is 11. The molecule has 3 aromatic rings. The summed E-state index contributed by atoms with van der Waals surface area (Å²) in [7, 11) is -1.92. The quantitative estimate of drug-likeness (QED) is 0.149. The molecule has 0 spiro atoms. The summed E-state index contributed by atoms with van der Waals surface area (Å²) in [5.74, 6) is -2.55. The Bertz CT molecular complexity index is 2160. The van der Waals surface area contributed by atoms with Crippen LogP contribution >= 0.6 is 0 Å². The first-order valence-corrected chi connectivity index (χ1v) is 20.6. The average Bonchev–Trinajstić information content (AvgIpc) is 4.03. The number of aromatic nitrogens is 1. The Morgan fingerprint density at radius 1 is 0.964 bits per heavy atom. The second kappa shape index (κ2) is 14.6. The number of nitrogens with one attached hydrogen (secondary N) is 3. The Kier molecular flexibility index (Phi) is 10.2. The molecule has 0 unspecified atom stereocenters. The van der Waals surface area contributed by atoms with Gasteiger partial charge in [-0.15, -0.1) is 6.58 Å². The Labute approximate surface area is 320 Å². The zero-order valence-corrected chi connectivity index (χ0v) is 32.6. The molecule has 1 aromatic heterocycles. The Hall–Kier alpha value is -4.92. The summed E-state index contributed by atoms with van der Waals surface area (Å²) in [6.45, 7) is 9.17. The number of carbonyl (C=O) groups is 4. The number of para-hydroxylation sites is 2. The fourth-order valence-electron chi connectivity index (χ4n) is 7.94. The molecule has 0 radical (unpaired) electrons. The molecule has 4 amide bonds. The van der Waals surface area contributed by atoms with E-state index >= 15 is 0 Å². The van der Waals surface area contributed by atoms with Crippen LogP contribution in [0.4, 0.5) is 4.79 Å². The van der Waals surface area contributed by atoms with Crippen molar-refractivity contribution in [1.29, 1.82) is 0 Å². The van der Waals surface area contributed by atoms with Crippen LogP contribution in [0.5, 0.6) is 0 Å². The smallest absolute Gasteiger partial charge is 0.408 e. The van der Waals surface area contributed by atoms with Crippen molar-refractivity contribution in [2.75, 3.05) is 6.54 Å². The Balaban J connectivity index is 1.20. The lowest BCUT2D eigenvalue weighted by Crippen LogP contribution is -2.60. The molecule has 2 heterocycles. The van der Waals surface area contributed by atoms with Gasteiger partial charge in [-0.25, -0.2) is 13.2 Å². The van der Waals surface area contributed by atoms with E-state index in [9.17, 15) is 27.6 Å². The minimum Gasteiger partial charge on any atom is -0.446 e. The van der Waals surface area contributed by atoms with Gasteiger partial charge in [0.25, 0.3) is 5.91 Å². The lowest BCUT2D eigenvalue weighted by Gasteiger charge is -2.35. The molecule has 3 N–H and O–H groups in total. The predicted molar refractivity (Wildman–Crippen MR) is 205 cm³/mol. The molecule has 15 heteroatoms. The molecule has 0 bridgehead atoms. The summed E-state index contributed by atoms with van der Waals surface area (Å²) >= 11 is 0. The second-order valence-electron chi connectivity index (χ2n) is 16.4. The molecule has 7 rings (SSSR count). The van der Waals surface area contributed by atoms with E-state index in [-0.39, 0.29) is 25.5 Å². The molecule has 4 fully saturated rings. The predicted octanol–water partition coefficient (Wildman–Crippen LogP) is 3.89. The molecule has 1 aliphatic heterocycles. The van der Waals surface area contributed by atoms with Gasteiger partial charge in [0.2, 0.25) is 21.8 Å². The molecular formula is C40H50N6O8S. The lowest BCUT2D eigenvalue weighted by atomic mass is 9.85. The van der Waals surface area contributed by atoms with Crippen molar-refractivity contribution >= 4 is 55.6 Å². The minimum atomic E-state index is -3.90. The molecule has 55 heavy (non-hydrogen) atoms. The first kappa shape index (κ1) is 38.4. The van der Waals surface area contributed by atoms with Crippen molar-refractivity contribution < 1.29 is 37.2 Å². The van der Waals surface area contributed by atoms with Crippen LogP contribution < -0.4 is 20.7 Å². The van der Waals surface area contributed by atoms with E-state index in [1.165, 1.54) is 11.0 Å². The van der Waals surface area contributed by atoms with Crippen molar-refractivity contribution in [3.63, 3.8) is 0 Å². The van der Waals surface area contributed by atoms with Gasteiger partial charge >= 0.3 is 6.09 Å². The van der Waals surface area contributed by atoms with Gasteiger partial charge in [-0.1, -0.05) is 68.4 Å². The molecule has 3 aliphatic carbocycles. The van der Waals surface area contributed by atoms with E-state index < -0.39 is 74.1 Å². The van der Waals surface area contributed by atoms with Crippen LogP contribution in [0.15, 0.2) is 66.3 Å². The maximum Gasteiger partial charge on any atom is 0.408 e. The van der Waals surface area contributed by atoms with Crippen LogP contribution in [0.1, 0.15) is 72.1 Å². The van der Waals surface area contributed by atoms with E-state index in [1.54, 1.807) is 0 Å². The number of aryl methyl sites for hydroxylation is 1. The standard InChI is InChI=1S/C40H50N6O8S/c1-6-24-22-40(24,37(49)44-55(51,52)27-19-20-27)42-35(47)32-21-26(23-46(32)36(48)34(39(2,3)4)41-38(50)53-25-13-7-8-14-25)54-43-33-28-15-9-11-17-30(28)45(5)31-18-12-10-16-29(31)33/h6,9-12,15-18,24-27,32,34H,1,7-8,13-14,19-23H2,2-5H3,(H,41,50)(H,42,47)(H,44,49)/t24-,26-,32+,34-,40+/m1/s1. The maximum atomic E-state index is 14.6. The Morgan fingerprint density at radius 3 is 2.15 bits per heavy atom. The number of ether oxygens (including phenoxy) is 1. The van der Waals surface area contributed by atoms with E-state index in [1.807, 2.05) is 76.3 Å². The minimum absolute atomic E-state index is 0.0117. The van der Waals surface area contributed by atoms with Gasteiger partial charge in [0.15, 0.2) is 0 Å². The fraction of sp³-hybridized carbons (Fsp3) is 0.525. The number of carbonyl (C=O) groups excluding carboxylic acids is 4. The van der Waals surface area contributed by atoms with Crippen molar-refractivity contribution in [3.8, 4) is 0 Å². The molecule has 294 valence electrons. The number of hydrogen-bond acceptors (Lipinski definition) is 9. The monoisotopic (exact) mass is 774 g/mol. The number of benzene rings is 2. The summed E-state index contributed by atoms with van der Waals surface area (Å²) in [6, 6.07) is 13.4. The number of amides is 4. The first-order chi connectivity index (χ1) is 26.1. The third-order valence-electron chi connectivity index (χ3n) is 11.4. The van der Waals surface area contributed by atoms with Crippen LogP contribution in [0.2, 0.25) is 0 Å². The average molecular weight is 775 g/mol. The van der Waals surface area contributed by atoms with Gasteiger partial charge in [-0.05, 0) is 62.5 Å². The number of alkyl carbamates (subject to hydrolysis) is 1. The van der Waals surface area contributed by atoms with Crippen LogP contribution in [0, 0.1) is 11.3 Å². The third-order valence-corrected chi connectivity index (χ3v) is 13.2. The van der Waals surface area contributed by atoms with Crippen LogP contribution in [-0.2, 0) is 41.0 Å². The van der Waals surface area contributed by atoms with Crippen LogP contribution in [0.3, 0.4) is 0 Å². The fourth-order valence-corrected chi connectivity index (χ4v) is 9.31. The molecular weight excluding hydrogens is 725 g/mol. The third kappa shape index (κ3) is 7.67. The summed E-state index contributed by atoms with van der Waals surface area (Å²) < 4.78 is 35.4. The van der Waals surface area contributed by atoms with E-state index in [0.29, 0.717) is 18.2 Å². The zero-order valence-electron chi connectivity index (χ0n) is 31.7. The number of hydrogen-bond donors (Lipinski definition) is 3. The summed E-state index contributed by atoms with van der Waals surface area (Å²) in [4.78, 5) is 63.2. The Morgan fingerprint density at radius 2 is 1.58 bits per heavy atom. The lowest BCUT2D eigenvalue weighted by molar-refractivity contribution is -0.143. The van der Waals surface area contributed by atoms with Crippen molar-refractivity contribution in [3.05, 3.63) is 66.5 Å². The van der Waals surface area contributed by atoms with Crippen molar-refractivity contribution in [2.45, 2.75) is 107 Å². The summed E-state index contributed by atoms with van der Waals surface area (Å²) in [5.41, 5.74) is -0.485. The molecule has 2 aromatic carbocycles. The molecule has 3 saturated carbocycles. The van der Waals surface area contributed by atoms with Gasteiger partial charge in [-0.2, -0.15) is 0 Å². The van der Waals surface area contributed by atoms with E-state index in [2.05, 4.69) is 31.7 Å². The van der Waals surface area contributed by atoms with Crippen LogP contribution in [0.25, 0.3) is 21.8 Å². The van der Waals surface area contributed by atoms with Gasteiger partial charge in [-0.3, -0.25) is 19.1 Å². The molecule has 5 atom stereocenters. The van der Waals surface area contributed by atoms with Gasteiger partial charge in [0.1, 0.15) is 35.2 Å². The van der Waals surface area contributed by atoms with Crippen LogP contribution in [-0.4, -0.2) is 83.3 Å². The normalized spacial score (nSPS) is 24.6. The summed E-state index contributed by atoms with van der Waals surface area (Å²) in [5, 5.41) is 11.9. The highest BCUT2D eigenvalue weighted by atomic mass is 32.2. The van der Waals surface area contributed by atoms with E-state index in [0.717, 1.165) is 47.5 Å². The molecule has 4 aliphatic rings. The topological polar surface area (TPSA) is 178 Å². The van der Waals surface area contributed by atoms with Gasteiger partial charge in [0.05, 0.1) is 22.8 Å². The summed E-state index contributed by atoms with van der Waals surface area (Å²) in [6.07, 6.45) is 4.33. The first-order valence-electron chi connectivity index (χ1n) is 19.1.